The van der Waals surface area contributed by atoms with Crippen molar-refractivity contribution in [1.29, 1.82) is 0 Å². The van der Waals surface area contributed by atoms with Gasteiger partial charge in [0, 0.05) is 45.9 Å². The summed E-state index contributed by atoms with van der Waals surface area (Å²) in [5.74, 6) is -0.233. The monoisotopic (exact) mass is 501 g/mol. The maximum absolute atomic E-state index is 13.5. The molecule has 2 N–H and O–H groups in total. The van der Waals surface area contributed by atoms with Gasteiger partial charge in [0.15, 0.2) is 5.78 Å². The summed E-state index contributed by atoms with van der Waals surface area (Å²) in [6.45, 7) is 7.98. The standard InChI is InChI=1S/C28H34F3N3O2/c1-5-19-14-16(2)33-27(36)21(19)10-11-24(35)26-18(4)34(23-9-7-6-8-22(23)26)17(3)20-12-13-32-25(15-20)28(29,30)31/h6-9,14,17,20,25,32H,5,10-13,15H2,1-4H3,(H,33,36). The number of aryl methyl sites for hydroxylation is 2. The molecule has 3 heterocycles. The van der Waals surface area contributed by atoms with Gasteiger partial charge in [0.2, 0.25) is 0 Å². The lowest BCUT2D eigenvalue weighted by atomic mass is 9.86. The second kappa shape index (κ2) is 10.2. The zero-order valence-electron chi connectivity index (χ0n) is 21.3. The highest BCUT2D eigenvalue weighted by atomic mass is 19.4. The number of ketones is 1. The van der Waals surface area contributed by atoms with Gasteiger partial charge >= 0.3 is 6.18 Å². The van der Waals surface area contributed by atoms with Gasteiger partial charge < -0.3 is 14.9 Å². The molecule has 3 unspecified atom stereocenters. The highest BCUT2D eigenvalue weighted by Crippen LogP contribution is 2.38. The number of benzene rings is 1. The number of aromatic amines is 1. The summed E-state index contributed by atoms with van der Waals surface area (Å²) < 4.78 is 42.3. The third kappa shape index (κ3) is 5.01. The van der Waals surface area contributed by atoms with Gasteiger partial charge in [-0.25, -0.2) is 0 Å². The molecule has 0 bridgehead atoms. The Hall–Kier alpha value is -2.87. The second-order valence-electron chi connectivity index (χ2n) is 9.98. The molecule has 0 saturated carbocycles. The molecule has 3 atom stereocenters. The molecular formula is C28H34F3N3O2. The first-order valence-electron chi connectivity index (χ1n) is 12.7. The van der Waals surface area contributed by atoms with E-state index in [1.807, 2.05) is 62.6 Å². The molecule has 0 radical (unpaired) electrons. The summed E-state index contributed by atoms with van der Waals surface area (Å²) in [5, 5.41) is 3.41. The fourth-order valence-corrected chi connectivity index (χ4v) is 5.85. The minimum Gasteiger partial charge on any atom is -0.341 e. The zero-order valence-corrected chi connectivity index (χ0v) is 21.3. The van der Waals surface area contributed by atoms with Crippen LogP contribution in [0.15, 0.2) is 35.1 Å². The molecule has 3 aromatic rings. The number of nitrogens with zero attached hydrogens (tertiary/aromatic N) is 1. The topological polar surface area (TPSA) is 66.9 Å². The van der Waals surface area contributed by atoms with E-state index >= 15 is 0 Å². The third-order valence-electron chi connectivity index (χ3n) is 7.71. The second-order valence-corrected chi connectivity index (χ2v) is 9.98. The van der Waals surface area contributed by atoms with Crippen LogP contribution < -0.4 is 10.9 Å². The van der Waals surface area contributed by atoms with E-state index in [1.54, 1.807) is 0 Å². The Morgan fingerprint density at radius 1 is 1.22 bits per heavy atom. The lowest BCUT2D eigenvalue weighted by Gasteiger charge is -2.36. The predicted octanol–water partition coefficient (Wildman–Crippen LogP) is 5.82. The van der Waals surface area contributed by atoms with Crippen molar-refractivity contribution in [3.8, 4) is 0 Å². The molecule has 0 amide bonds. The van der Waals surface area contributed by atoms with Gasteiger partial charge in [-0.15, -0.1) is 0 Å². The molecule has 2 aromatic heterocycles. The largest absolute Gasteiger partial charge is 0.403 e. The molecule has 1 aliphatic heterocycles. The summed E-state index contributed by atoms with van der Waals surface area (Å²) >= 11 is 0. The number of halogens is 3. The summed E-state index contributed by atoms with van der Waals surface area (Å²) in [5.41, 5.74) is 4.45. The van der Waals surface area contributed by atoms with Crippen LogP contribution >= 0.6 is 0 Å². The number of rotatable bonds is 7. The van der Waals surface area contributed by atoms with Crippen molar-refractivity contribution in [2.45, 2.75) is 78.1 Å². The Morgan fingerprint density at radius 3 is 2.64 bits per heavy atom. The number of Topliss-reactive ketones (excluding diaryl/α,β-unsaturated/α-hetero) is 1. The number of carbonyl (C=O) groups excluding carboxylic acids is 1. The number of piperidine rings is 1. The SMILES string of the molecule is CCc1cc(C)[nH]c(=O)c1CCC(=O)c1c(C)n(C(C)C2CCNC(C(F)(F)F)C2)c2ccccc12. The maximum atomic E-state index is 13.5. The van der Waals surface area contributed by atoms with Gasteiger partial charge in [-0.05, 0) is 76.6 Å². The van der Waals surface area contributed by atoms with Crippen LogP contribution in [0.2, 0.25) is 0 Å². The highest BCUT2D eigenvalue weighted by Gasteiger charge is 2.43. The third-order valence-corrected chi connectivity index (χ3v) is 7.71. The van der Waals surface area contributed by atoms with Gasteiger partial charge in [-0.1, -0.05) is 25.1 Å². The number of para-hydroxylation sites is 1. The number of pyridine rings is 1. The number of alkyl halides is 3. The van der Waals surface area contributed by atoms with Crippen LogP contribution in [0.1, 0.15) is 72.0 Å². The molecule has 1 saturated heterocycles. The molecule has 1 aliphatic rings. The average molecular weight is 502 g/mol. The van der Waals surface area contributed by atoms with Gasteiger partial charge in [-0.3, -0.25) is 9.59 Å². The number of nitrogens with one attached hydrogen (secondary N) is 2. The molecule has 1 aromatic carbocycles. The van der Waals surface area contributed by atoms with Crippen molar-refractivity contribution in [2.24, 2.45) is 5.92 Å². The maximum Gasteiger partial charge on any atom is 0.403 e. The highest BCUT2D eigenvalue weighted by molar-refractivity contribution is 6.09. The Kier molecular flexibility index (Phi) is 7.46. The van der Waals surface area contributed by atoms with Crippen molar-refractivity contribution in [2.75, 3.05) is 6.54 Å². The van der Waals surface area contributed by atoms with Crippen molar-refractivity contribution >= 4 is 16.7 Å². The van der Waals surface area contributed by atoms with E-state index in [0.29, 0.717) is 36.9 Å². The van der Waals surface area contributed by atoms with Gasteiger partial charge in [0.25, 0.3) is 5.56 Å². The number of hydrogen-bond acceptors (Lipinski definition) is 3. The molecular weight excluding hydrogens is 467 g/mol. The van der Waals surface area contributed by atoms with E-state index in [-0.39, 0.29) is 36.1 Å². The Morgan fingerprint density at radius 2 is 1.94 bits per heavy atom. The Balaban J connectivity index is 1.65. The fourth-order valence-electron chi connectivity index (χ4n) is 5.85. The number of carbonyl (C=O) groups is 1. The van der Waals surface area contributed by atoms with Crippen LogP contribution in [-0.2, 0) is 12.8 Å². The Labute approximate surface area is 209 Å². The normalized spacial score (nSPS) is 19.5. The van der Waals surface area contributed by atoms with E-state index in [4.69, 9.17) is 0 Å². The van der Waals surface area contributed by atoms with E-state index in [0.717, 1.165) is 27.9 Å². The van der Waals surface area contributed by atoms with Gasteiger partial charge in [0.05, 0.1) is 0 Å². The minimum atomic E-state index is -4.28. The van der Waals surface area contributed by atoms with Gasteiger partial charge in [0.1, 0.15) is 6.04 Å². The molecule has 0 spiro atoms. The van der Waals surface area contributed by atoms with E-state index in [2.05, 4.69) is 10.3 Å². The summed E-state index contributed by atoms with van der Waals surface area (Å²) in [6, 6.07) is 7.83. The van der Waals surface area contributed by atoms with Crippen LogP contribution in [0.5, 0.6) is 0 Å². The molecule has 1 fully saturated rings. The van der Waals surface area contributed by atoms with Crippen LogP contribution in [0.25, 0.3) is 10.9 Å². The Bertz CT molecular complexity index is 1320. The van der Waals surface area contributed by atoms with E-state index < -0.39 is 12.2 Å². The minimum absolute atomic E-state index is 0.00981. The number of H-pyrrole nitrogens is 1. The molecule has 5 nitrogen and oxygen atoms in total. The van der Waals surface area contributed by atoms with Crippen LogP contribution in [0.3, 0.4) is 0 Å². The smallest absolute Gasteiger partial charge is 0.341 e. The number of aromatic nitrogens is 2. The molecule has 194 valence electrons. The van der Waals surface area contributed by atoms with Crippen molar-refractivity contribution in [3.05, 3.63) is 68.8 Å². The van der Waals surface area contributed by atoms with Crippen molar-refractivity contribution in [3.63, 3.8) is 0 Å². The first-order chi connectivity index (χ1) is 17.0. The predicted molar refractivity (Wildman–Crippen MR) is 136 cm³/mol. The summed E-state index contributed by atoms with van der Waals surface area (Å²) in [6.07, 6.45) is -2.40. The van der Waals surface area contributed by atoms with E-state index in [1.165, 1.54) is 0 Å². The van der Waals surface area contributed by atoms with Crippen molar-refractivity contribution in [1.82, 2.24) is 14.9 Å². The van der Waals surface area contributed by atoms with Crippen LogP contribution in [0.4, 0.5) is 13.2 Å². The molecule has 0 aliphatic carbocycles. The average Bonchev–Trinajstić information content (AvgIpc) is 3.13. The lowest BCUT2D eigenvalue weighted by Crippen LogP contribution is -2.48. The van der Waals surface area contributed by atoms with Crippen LogP contribution in [0, 0.1) is 19.8 Å². The zero-order chi connectivity index (χ0) is 26.2. The quantitative estimate of drug-likeness (QED) is 0.401. The van der Waals surface area contributed by atoms with Gasteiger partial charge in [-0.2, -0.15) is 13.2 Å². The molecule has 36 heavy (non-hydrogen) atoms. The van der Waals surface area contributed by atoms with E-state index in [9.17, 15) is 22.8 Å². The number of hydrogen-bond donors (Lipinski definition) is 2. The summed E-state index contributed by atoms with van der Waals surface area (Å²) in [4.78, 5) is 28.9. The fraction of sp³-hybridized carbons (Fsp3) is 0.500. The van der Waals surface area contributed by atoms with Crippen molar-refractivity contribution < 1.29 is 18.0 Å². The van der Waals surface area contributed by atoms with Crippen LogP contribution in [-0.4, -0.2) is 34.1 Å². The summed E-state index contributed by atoms with van der Waals surface area (Å²) in [7, 11) is 0. The molecule has 8 heteroatoms. The first-order valence-corrected chi connectivity index (χ1v) is 12.7. The molecule has 4 rings (SSSR count). The first kappa shape index (κ1) is 26.2. The lowest BCUT2D eigenvalue weighted by molar-refractivity contribution is -0.164. The number of fused-ring (bicyclic) bond motifs is 1.